The molecule has 1 spiro atoms. The Morgan fingerprint density at radius 2 is 2.20 bits per heavy atom. The zero-order valence-corrected chi connectivity index (χ0v) is 15.3. The Labute approximate surface area is 150 Å². The van der Waals surface area contributed by atoms with Crippen LogP contribution in [0.25, 0.3) is 0 Å². The van der Waals surface area contributed by atoms with Gasteiger partial charge >= 0.3 is 0 Å². The van der Waals surface area contributed by atoms with E-state index in [0.29, 0.717) is 6.42 Å². The predicted molar refractivity (Wildman–Crippen MR) is 102 cm³/mol. The van der Waals surface area contributed by atoms with Crippen LogP contribution in [0.5, 0.6) is 0 Å². The first-order valence-electron chi connectivity index (χ1n) is 9.10. The summed E-state index contributed by atoms with van der Waals surface area (Å²) in [5, 5.41) is 6.49. The first-order chi connectivity index (χ1) is 12.1. The Hall–Kier alpha value is -2.24. The summed E-state index contributed by atoms with van der Waals surface area (Å²) in [5.41, 5.74) is 1.31. The van der Waals surface area contributed by atoms with Gasteiger partial charge in [0.2, 0.25) is 5.91 Å². The summed E-state index contributed by atoms with van der Waals surface area (Å²) >= 11 is 0. The van der Waals surface area contributed by atoms with E-state index < -0.39 is 0 Å². The largest absolute Gasteiger partial charge is 0.373 e. The van der Waals surface area contributed by atoms with Crippen molar-refractivity contribution in [2.75, 3.05) is 51.7 Å². The Kier molecular flexibility index (Phi) is 5.46. The lowest BCUT2D eigenvalue weighted by atomic mass is 9.79. The van der Waals surface area contributed by atoms with Crippen molar-refractivity contribution in [2.24, 2.45) is 10.4 Å². The third-order valence-electron chi connectivity index (χ3n) is 5.30. The number of hydrogen-bond acceptors (Lipinski definition) is 3. The van der Waals surface area contributed by atoms with E-state index in [1.165, 1.54) is 5.69 Å². The maximum Gasteiger partial charge on any atom is 0.220 e. The Balaban J connectivity index is 1.51. The number of para-hydroxylation sites is 1. The van der Waals surface area contributed by atoms with Crippen molar-refractivity contribution in [1.82, 2.24) is 15.5 Å². The Morgan fingerprint density at radius 3 is 2.88 bits per heavy atom. The Bertz CT molecular complexity index is 618. The summed E-state index contributed by atoms with van der Waals surface area (Å²) in [6.45, 7) is 4.45. The maximum atomic E-state index is 11.7. The van der Waals surface area contributed by atoms with Crippen molar-refractivity contribution in [1.29, 1.82) is 0 Å². The van der Waals surface area contributed by atoms with Crippen LogP contribution in [0.15, 0.2) is 35.3 Å². The number of rotatable bonds is 4. The average molecular weight is 343 g/mol. The molecule has 1 amide bonds. The van der Waals surface area contributed by atoms with Gasteiger partial charge in [-0.1, -0.05) is 18.2 Å². The third-order valence-corrected chi connectivity index (χ3v) is 5.30. The van der Waals surface area contributed by atoms with Crippen LogP contribution < -0.4 is 15.5 Å². The average Bonchev–Trinajstić information content (AvgIpc) is 2.99. The van der Waals surface area contributed by atoms with Crippen molar-refractivity contribution >= 4 is 17.6 Å². The topological polar surface area (TPSA) is 60.0 Å². The number of benzene rings is 1. The molecule has 2 N–H and O–H groups in total. The quantitative estimate of drug-likeness (QED) is 0.639. The highest BCUT2D eigenvalue weighted by molar-refractivity contribution is 5.81. The number of nitrogens with one attached hydrogen (secondary N) is 2. The van der Waals surface area contributed by atoms with E-state index in [0.717, 1.165) is 51.5 Å². The number of guanidine groups is 1. The number of carbonyl (C=O) groups excluding carboxylic acids is 1. The first-order valence-corrected chi connectivity index (χ1v) is 9.10. The molecule has 2 aliphatic heterocycles. The summed E-state index contributed by atoms with van der Waals surface area (Å²) in [5.74, 6) is 1.13. The zero-order chi connectivity index (χ0) is 17.7. The molecule has 2 fully saturated rings. The highest BCUT2D eigenvalue weighted by atomic mass is 16.1. The molecular formula is C19H29N5O. The summed E-state index contributed by atoms with van der Waals surface area (Å²) in [6.07, 6.45) is 2.88. The van der Waals surface area contributed by atoms with E-state index in [4.69, 9.17) is 0 Å². The molecule has 2 aliphatic rings. The smallest absolute Gasteiger partial charge is 0.220 e. The molecule has 0 aliphatic carbocycles. The number of likely N-dealkylation sites (tertiary alicyclic amines) is 1. The predicted octanol–water partition coefficient (Wildman–Crippen LogP) is 1.30. The number of anilines is 1. The highest BCUT2D eigenvalue weighted by Crippen LogP contribution is 2.35. The second-order valence-corrected chi connectivity index (χ2v) is 7.21. The molecule has 1 unspecified atom stereocenters. The zero-order valence-electron chi connectivity index (χ0n) is 15.3. The van der Waals surface area contributed by atoms with E-state index in [1.807, 2.05) is 13.1 Å². The van der Waals surface area contributed by atoms with Crippen LogP contribution in [0.3, 0.4) is 0 Å². The van der Waals surface area contributed by atoms with Gasteiger partial charge in [-0.25, -0.2) is 0 Å². The molecule has 3 rings (SSSR count). The van der Waals surface area contributed by atoms with E-state index in [9.17, 15) is 4.79 Å². The molecule has 6 heteroatoms. The number of piperidine rings is 1. The number of aliphatic imine (C=N–C) groups is 1. The SMILES string of the molecule is CN=C(NCCN(C)c1ccccc1)N1CCCC2(CNC(=O)C2)C1. The van der Waals surface area contributed by atoms with Crippen LogP contribution in [-0.2, 0) is 4.79 Å². The van der Waals surface area contributed by atoms with Gasteiger partial charge < -0.3 is 20.4 Å². The second kappa shape index (κ2) is 7.76. The molecule has 1 aromatic rings. The first kappa shape index (κ1) is 17.6. The molecule has 0 bridgehead atoms. The van der Waals surface area contributed by atoms with Crippen molar-refractivity contribution in [3.63, 3.8) is 0 Å². The van der Waals surface area contributed by atoms with Gasteiger partial charge in [0.15, 0.2) is 5.96 Å². The van der Waals surface area contributed by atoms with Crippen LogP contribution in [-0.4, -0.2) is 63.6 Å². The summed E-state index contributed by atoms with van der Waals surface area (Å²) in [4.78, 5) is 20.7. The van der Waals surface area contributed by atoms with Crippen LogP contribution >= 0.6 is 0 Å². The minimum atomic E-state index is 0.0911. The van der Waals surface area contributed by atoms with E-state index in [1.54, 1.807) is 0 Å². The Morgan fingerprint density at radius 1 is 1.40 bits per heavy atom. The van der Waals surface area contributed by atoms with Gasteiger partial charge in [-0.3, -0.25) is 9.79 Å². The fourth-order valence-electron chi connectivity index (χ4n) is 3.91. The molecule has 2 heterocycles. The molecule has 0 radical (unpaired) electrons. The minimum absolute atomic E-state index is 0.0911. The molecule has 0 aromatic heterocycles. The van der Waals surface area contributed by atoms with Gasteiger partial charge in [0.05, 0.1) is 0 Å². The number of amides is 1. The van der Waals surface area contributed by atoms with E-state index >= 15 is 0 Å². The van der Waals surface area contributed by atoms with Gasteiger partial charge in [-0.05, 0) is 25.0 Å². The minimum Gasteiger partial charge on any atom is -0.373 e. The molecule has 136 valence electrons. The fraction of sp³-hybridized carbons (Fsp3) is 0.579. The van der Waals surface area contributed by atoms with Gasteiger partial charge in [-0.15, -0.1) is 0 Å². The van der Waals surface area contributed by atoms with Crippen LogP contribution in [0.1, 0.15) is 19.3 Å². The second-order valence-electron chi connectivity index (χ2n) is 7.21. The van der Waals surface area contributed by atoms with Gasteiger partial charge in [-0.2, -0.15) is 0 Å². The number of likely N-dealkylation sites (N-methyl/N-ethyl adjacent to an activating group) is 1. The molecule has 6 nitrogen and oxygen atoms in total. The van der Waals surface area contributed by atoms with Crippen LogP contribution in [0.2, 0.25) is 0 Å². The van der Waals surface area contributed by atoms with Gasteiger partial charge in [0.25, 0.3) is 0 Å². The van der Waals surface area contributed by atoms with Crippen molar-refractivity contribution in [3.8, 4) is 0 Å². The fourth-order valence-corrected chi connectivity index (χ4v) is 3.91. The number of carbonyl (C=O) groups is 1. The lowest BCUT2D eigenvalue weighted by Crippen LogP contribution is -2.52. The molecule has 0 saturated carbocycles. The lowest BCUT2D eigenvalue weighted by Gasteiger charge is -2.40. The van der Waals surface area contributed by atoms with Gasteiger partial charge in [0, 0.05) is 64.3 Å². The summed E-state index contributed by atoms with van der Waals surface area (Å²) in [7, 11) is 3.94. The lowest BCUT2D eigenvalue weighted by molar-refractivity contribution is -0.119. The molecular weight excluding hydrogens is 314 g/mol. The van der Waals surface area contributed by atoms with Crippen molar-refractivity contribution < 1.29 is 4.79 Å². The molecule has 1 aromatic carbocycles. The van der Waals surface area contributed by atoms with E-state index in [2.05, 4.69) is 56.7 Å². The summed E-state index contributed by atoms with van der Waals surface area (Å²) in [6, 6.07) is 10.4. The monoisotopic (exact) mass is 343 g/mol. The standard InChI is InChI=1S/C19H29N5O/c1-20-18(21-10-12-23(2)16-7-4-3-5-8-16)24-11-6-9-19(15-24)13-17(25)22-14-19/h3-5,7-8H,6,9-15H2,1-2H3,(H,20,21)(H,22,25). The normalized spacial score (nSPS) is 23.7. The van der Waals surface area contributed by atoms with Crippen LogP contribution in [0, 0.1) is 5.41 Å². The third kappa shape index (κ3) is 4.24. The van der Waals surface area contributed by atoms with Crippen molar-refractivity contribution in [2.45, 2.75) is 19.3 Å². The van der Waals surface area contributed by atoms with Crippen LogP contribution in [0.4, 0.5) is 5.69 Å². The molecule has 2 saturated heterocycles. The highest BCUT2D eigenvalue weighted by Gasteiger charge is 2.42. The molecule has 1 atom stereocenters. The summed E-state index contributed by atoms with van der Waals surface area (Å²) < 4.78 is 0. The van der Waals surface area contributed by atoms with Gasteiger partial charge in [0.1, 0.15) is 0 Å². The maximum absolute atomic E-state index is 11.7. The number of nitrogens with zero attached hydrogens (tertiary/aromatic N) is 3. The molecule has 25 heavy (non-hydrogen) atoms. The number of hydrogen-bond donors (Lipinski definition) is 2. The van der Waals surface area contributed by atoms with E-state index in [-0.39, 0.29) is 11.3 Å². The van der Waals surface area contributed by atoms with Crippen molar-refractivity contribution in [3.05, 3.63) is 30.3 Å².